The number of aromatic nitrogens is 3. The quantitative estimate of drug-likeness (QED) is 0.737. The molecule has 0 aliphatic carbocycles. The first-order valence-corrected chi connectivity index (χ1v) is 8.93. The first kappa shape index (κ1) is 16.4. The number of anilines is 2. The summed E-state index contributed by atoms with van der Waals surface area (Å²) in [6.07, 6.45) is 5.82. The SMILES string of the molecule is COc1ccc(NC2CCN(c3ccc(-c4ccn[nH]4)cc3)CC2)cn1. The summed E-state index contributed by atoms with van der Waals surface area (Å²) in [5.41, 5.74) is 4.54. The number of ether oxygens (including phenoxy) is 1. The monoisotopic (exact) mass is 349 g/mol. The largest absolute Gasteiger partial charge is 0.481 e. The number of hydrogen-bond acceptors (Lipinski definition) is 5. The number of nitrogens with zero attached hydrogens (tertiary/aromatic N) is 3. The first-order valence-electron chi connectivity index (χ1n) is 8.93. The van der Waals surface area contributed by atoms with Crippen LogP contribution in [0.2, 0.25) is 0 Å². The molecule has 0 unspecified atom stereocenters. The minimum atomic E-state index is 0.478. The average Bonchev–Trinajstić information content (AvgIpc) is 3.24. The van der Waals surface area contributed by atoms with Crippen LogP contribution in [-0.4, -0.2) is 41.4 Å². The molecule has 0 saturated carbocycles. The number of aromatic amines is 1. The lowest BCUT2D eigenvalue weighted by molar-refractivity contribution is 0.398. The molecule has 0 spiro atoms. The van der Waals surface area contributed by atoms with E-state index < -0.39 is 0 Å². The zero-order valence-electron chi connectivity index (χ0n) is 14.9. The highest BCUT2D eigenvalue weighted by Gasteiger charge is 2.19. The van der Waals surface area contributed by atoms with Gasteiger partial charge in [-0.2, -0.15) is 5.10 Å². The van der Waals surface area contributed by atoms with Crippen LogP contribution in [0.4, 0.5) is 11.4 Å². The highest BCUT2D eigenvalue weighted by Crippen LogP contribution is 2.25. The fourth-order valence-electron chi connectivity index (χ4n) is 3.37. The van der Waals surface area contributed by atoms with Gasteiger partial charge < -0.3 is 15.0 Å². The second-order valence-corrected chi connectivity index (χ2v) is 6.51. The molecule has 1 fully saturated rings. The molecule has 0 amide bonds. The third-order valence-electron chi connectivity index (χ3n) is 4.86. The number of H-pyrrole nitrogens is 1. The molecule has 0 atom stereocenters. The Morgan fingerprint density at radius 2 is 1.88 bits per heavy atom. The Balaban J connectivity index is 1.33. The van der Waals surface area contributed by atoms with Crippen molar-refractivity contribution < 1.29 is 4.74 Å². The maximum Gasteiger partial charge on any atom is 0.213 e. The Labute approximate surface area is 153 Å². The minimum Gasteiger partial charge on any atom is -0.481 e. The van der Waals surface area contributed by atoms with Gasteiger partial charge in [0, 0.05) is 37.1 Å². The van der Waals surface area contributed by atoms with E-state index in [0.29, 0.717) is 11.9 Å². The van der Waals surface area contributed by atoms with Crippen LogP contribution in [0.3, 0.4) is 0 Å². The van der Waals surface area contributed by atoms with Crippen molar-refractivity contribution in [1.29, 1.82) is 0 Å². The molecule has 1 saturated heterocycles. The van der Waals surface area contributed by atoms with Crippen molar-refractivity contribution in [2.75, 3.05) is 30.4 Å². The molecule has 1 aliphatic heterocycles. The van der Waals surface area contributed by atoms with E-state index in [1.807, 2.05) is 24.4 Å². The summed E-state index contributed by atoms with van der Waals surface area (Å²) in [6, 6.07) is 15.1. The summed E-state index contributed by atoms with van der Waals surface area (Å²) >= 11 is 0. The predicted octanol–water partition coefficient (Wildman–Crippen LogP) is 3.56. The van der Waals surface area contributed by atoms with Crippen molar-refractivity contribution in [3.63, 3.8) is 0 Å². The van der Waals surface area contributed by atoms with Crippen molar-refractivity contribution in [1.82, 2.24) is 15.2 Å². The van der Waals surface area contributed by atoms with E-state index in [9.17, 15) is 0 Å². The van der Waals surface area contributed by atoms with Crippen molar-refractivity contribution in [3.05, 3.63) is 54.9 Å². The highest BCUT2D eigenvalue weighted by molar-refractivity contribution is 5.62. The molecule has 3 aromatic rings. The molecule has 0 radical (unpaired) electrons. The van der Waals surface area contributed by atoms with Crippen LogP contribution in [0.1, 0.15) is 12.8 Å². The standard InChI is InChI=1S/C20H23N5O/c1-26-20-7-4-17(14-21-20)23-16-9-12-25(13-10-16)18-5-2-15(3-6-18)19-8-11-22-24-19/h2-8,11,14,16,23H,9-10,12-13H2,1H3,(H,22,24). The normalized spacial score (nSPS) is 15.0. The number of rotatable bonds is 5. The van der Waals surface area contributed by atoms with Crippen LogP contribution in [0.15, 0.2) is 54.9 Å². The van der Waals surface area contributed by atoms with Crippen molar-refractivity contribution in [2.45, 2.75) is 18.9 Å². The lowest BCUT2D eigenvalue weighted by Gasteiger charge is -2.34. The molecule has 6 heteroatoms. The average molecular weight is 349 g/mol. The Morgan fingerprint density at radius 1 is 1.08 bits per heavy atom. The fraction of sp³-hybridized carbons (Fsp3) is 0.300. The molecule has 0 bridgehead atoms. The zero-order chi connectivity index (χ0) is 17.8. The van der Waals surface area contributed by atoms with Gasteiger partial charge in [0.05, 0.1) is 24.7 Å². The first-order chi connectivity index (χ1) is 12.8. The molecule has 4 rings (SSSR count). The molecule has 3 heterocycles. The van der Waals surface area contributed by atoms with Gasteiger partial charge in [-0.05, 0) is 42.7 Å². The molecule has 1 aliphatic rings. The Bertz CT molecular complexity index is 806. The second kappa shape index (κ2) is 7.47. The Morgan fingerprint density at radius 3 is 2.50 bits per heavy atom. The van der Waals surface area contributed by atoms with Gasteiger partial charge >= 0.3 is 0 Å². The fourth-order valence-corrected chi connectivity index (χ4v) is 3.37. The number of benzene rings is 1. The van der Waals surface area contributed by atoms with Crippen LogP contribution in [0.25, 0.3) is 11.3 Å². The summed E-state index contributed by atoms with van der Waals surface area (Å²) in [4.78, 5) is 6.70. The van der Waals surface area contributed by atoms with Crippen LogP contribution in [0.5, 0.6) is 5.88 Å². The van der Waals surface area contributed by atoms with Gasteiger partial charge in [0.1, 0.15) is 0 Å². The van der Waals surface area contributed by atoms with E-state index in [2.05, 4.69) is 49.7 Å². The summed E-state index contributed by atoms with van der Waals surface area (Å²) in [5, 5.41) is 10.6. The molecule has 26 heavy (non-hydrogen) atoms. The third kappa shape index (κ3) is 3.64. The van der Waals surface area contributed by atoms with E-state index in [0.717, 1.165) is 42.9 Å². The van der Waals surface area contributed by atoms with E-state index in [4.69, 9.17) is 4.74 Å². The van der Waals surface area contributed by atoms with E-state index in [-0.39, 0.29) is 0 Å². The molecular weight excluding hydrogens is 326 g/mol. The zero-order valence-corrected chi connectivity index (χ0v) is 14.9. The number of piperidine rings is 1. The van der Waals surface area contributed by atoms with Crippen molar-refractivity contribution in [3.8, 4) is 17.1 Å². The number of methoxy groups -OCH3 is 1. The van der Waals surface area contributed by atoms with E-state index >= 15 is 0 Å². The summed E-state index contributed by atoms with van der Waals surface area (Å²) < 4.78 is 5.10. The minimum absolute atomic E-state index is 0.478. The van der Waals surface area contributed by atoms with Gasteiger partial charge in [-0.25, -0.2) is 4.98 Å². The predicted molar refractivity (Wildman–Crippen MR) is 104 cm³/mol. The topological polar surface area (TPSA) is 66.1 Å². The summed E-state index contributed by atoms with van der Waals surface area (Å²) in [5.74, 6) is 0.643. The van der Waals surface area contributed by atoms with Crippen molar-refractivity contribution >= 4 is 11.4 Å². The van der Waals surface area contributed by atoms with Gasteiger partial charge in [-0.15, -0.1) is 0 Å². The number of pyridine rings is 1. The number of nitrogens with one attached hydrogen (secondary N) is 2. The highest BCUT2D eigenvalue weighted by atomic mass is 16.5. The Hall–Kier alpha value is -3.02. The Kier molecular flexibility index (Phi) is 4.73. The second-order valence-electron chi connectivity index (χ2n) is 6.51. The van der Waals surface area contributed by atoms with E-state index in [1.165, 1.54) is 5.69 Å². The van der Waals surface area contributed by atoms with Gasteiger partial charge in [0.15, 0.2) is 0 Å². The molecule has 6 nitrogen and oxygen atoms in total. The summed E-state index contributed by atoms with van der Waals surface area (Å²) in [7, 11) is 1.63. The lowest BCUT2D eigenvalue weighted by Crippen LogP contribution is -2.39. The van der Waals surface area contributed by atoms with Gasteiger partial charge in [0.2, 0.25) is 5.88 Å². The molecule has 1 aromatic carbocycles. The molecule has 2 aromatic heterocycles. The summed E-state index contributed by atoms with van der Waals surface area (Å²) in [6.45, 7) is 2.09. The third-order valence-corrected chi connectivity index (χ3v) is 4.86. The van der Waals surface area contributed by atoms with Crippen molar-refractivity contribution in [2.24, 2.45) is 0 Å². The van der Waals surface area contributed by atoms with E-state index in [1.54, 1.807) is 13.3 Å². The van der Waals surface area contributed by atoms with Crippen LogP contribution < -0.4 is 15.0 Å². The maximum atomic E-state index is 5.10. The number of hydrogen-bond donors (Lipinski definition) is 2. The maximum absolute atomic E-state index is 5.10. The van der Waals surface area contributed by atoms with Crippen LogP contribution in [0, 0.1) is 0 Å². The van der Waals surface area contributed by atoms with Gasteiger partial charge in [0.25, 0.3) is 0 Å². The van der Waals surface area contributed by atoms with Crippen LogP contribution in [-0.2, 0) is 0 Å². The smallest absolute Gasteiger partial charge is 0.213 e. The molecular formula is C20H23N5O. The molecule has 134 valence electrons. The van der Waals surface area contributed by atoms with Crippen LogP contribution >= 0.6 is 0 Å². The molecule has 2 N–H and O–H groups in total. The van der Waals surface area contributed by atoms with Gasteiger partial charge in [-0.1, -0.05) is 12.1 Å². The lowest BCUT2D eigenvalue weighted by atomic mass is 10.0. The van der Waals surface area contributed by atoms with Gasteiger partial charge in [-0.3, -0.25) is 5.10 Å².